The van der Waals surface area contributed by atoms with Gasteiger partial charge in [0.25, 0.3) is 0 Å². The first-order valence-electron chi connectivity index (χ1n) is 5.47. The maximum absolute atomic E-state index is 6.15. The Morgan fingerprint density at radius 2 is 1.94 bits per heavy atom. The molecule has 0 N–H and O–H groups in total. The molecule has 1 heterocycles. The van der Waals surface area contributed by atoms with E-state index in [1.54, 1.807) is 6.07 Å². The minimum atomic E-state index is 0.461. The van der Waals surface area contributed by atoms with Gasteiger partial charge < -0.3 is 4.42 Å². The molecule has 0 aliphatic rings. The standard InChI is InChI=1S/C14H9Cl2NO/c1-8-5-6-12-11(7-8)17-14(18-12)9-3-2-4-10(15)13(9)16/h2-7H,1H3. The van der Waals surface area contributed by atoms with E-state index < -0.39 is 0 Å². The molecule has 0 atom stereocenters. The summed E-state index contributed by atoms with van der Waals surface area (Å²) in [4.78, 5) is 4.44. The minimum absolute atomic E-state index is 0.461. The lowest BCUT2D eigenvalue weighted by Gasteiger charge is -2.00. The highest BCUT2D eigenvalue weighted by Gasteiger charge is 2.13. The van der Waals surface area contributed by atoms with Crippen molar-refractivity contribution in [2.75, 3.05) is 0 Å². The number of fused-ring (bicyclic) bond motifs is 1. The van der Waals surface area contributed by atoms with Gasteiger partial charge in [0.05, 0.1) is 15.6 Å². The summed E-state index contributed by atoms with van der Waals surface area (Å²) in [6, 6.07) is 11.3. The Hall–Kier alpha value is -1.51. The Labute approximate surface area is 114 Å². The molecule has 4 heteroatoms. The number of rotatable bonds is 1. The molecule has 90 valence electrons. The maximum atomic E-state index is 6.15. The fourth-order valence-corrected chi connectivity index (χ4v) is 2.20. The molecule has 2 aromatic carbocycles. The molecule has 0 spiro atoms. The summed E-state index contributed by atoms with van der Waals surface area (Å²) < 4.78 is 5.69. The second-order valence-electron chi connectivity index (χ2n) is 4.09. The highest BCUT2D eigenvalue weighted by Crippen LogP contribution is 2.34. The van der Waals surface area contributed by atoms with Crippen LogP contribution < -0.4 is 0 Å². The molecule has 1 aromatic heterocycles. The van der Waals surface area contributed by atoms with Gasteiger partial charge in [-0.2, -0.15) is 0 Å². The normalized spacial score (nSPS) is 11.1. The zero-order chi connectivity index (χ0) is 12.7. The number of halogens is 2. The fourth-order valence-electron chi connectivity index (χ4n) is 1.82. The monoisotopic (exact) mass is 277 g/mol. The summed E-state index contributed by atoms with van der Waals surface area (Å²) in [7, 11) is 0. The molecule has 3 rings (SSSR count). The van der Waals surface area contributed by atoms with Gasteiger partial charge in [-0.15, -0.1) is 0 Å². The van der Waals surface area contributed by atoms with Crippen molar-refractivity contribution in [2.24, 2.45) is 0 Å². The third-order valence-corrected chi connectivity index (χ3v) is 3.54. The summed E-state index contributed by atoms with van der Waals surface area (Å²) >= 11 is 12.1. The first-order chi connectivity index (χ1) is 8.65. The van der Waals surface area contributed by atoms with Gasteiger partial charge in [0.1, 0.15) is 5.52 Å². The van der Waals surface area contributed by atoms with Gasteiger partial charge in [-0.05, 0) is 36.8 Å². The lowest BCUT2D eigenvalue weighted by Crippen LogP contribution is -1.80. The van der Waals surface area contributed by atoms with Gasteiger partial charge in [-0.3, -0.25) is 0 Å². The summed E-state index contributed by atoms with van der Waals surface area (Å²) in [6.07, 6.45) is 0. The van der Waals surface area contributed by atoms with E-state index in [2.05, 4.69) is 4.98 Å². The molecular formula is C14H9Cl2NO. The van der Waals surface area contributed by atoms with Gasteiger partial charge in [0.2, 0.25) is 5.89 Å². The average molecular weight is 278 g/mol. The molecule has 0 fully saturated rings. The van der Waals surface area contributed by atoms with Crippen LogP contribution in [0.15, 0.2) is 40.8 Å². The van der Waals surface area contributed by atoms with Crippen molar-refractivity contribution in [3.8, 4) is 11.5 Å². The van der Waals surface area contributed by atoms with Crippen LogP contribution >= 0.6 is 23.2 Å². The second-order valence-corrected chi connectivity index (χ2v) is 4.88. The van der Waals surface area contributed by atoms with Crippen LogP contribution in [0.3, 0.4) is 0 Å². The first kappa shape index (κ1) is 11.6. The van der Waals surface area contributed by atoms with E-state index in [-0.39, 0.29) is 0 Å². The molecule has 0 unspecified atom stereocenters. The summed E-state index contributed by atoms with van der Waals surface area (Å²) in [6.45, 7) is 2.01. The third-order valence-electron chi connectivity index (χ3n) is 2.73. The van der Waals surface area contributed by atoms with E-state index in [1.807, 2.05) is 37.3 Å². The summed E-state index contributed by atoms with van der Waals surface area (Å²) in [5, 5.41) is 0.954. The van der Waals surface area contributed by atoms with Gasteiger partial charge in [0.15, 0.2) is 5.58 Å². The molecule has 18 heavy (non-hydrogen) atoms. The SMILES string of the molecule is Cc1ccc2oc(-c3cccc(Cl)c3Cl)nc2c1. The second kappa shape index (κ2) is 4.30. The molecule has 3 aromatic rings. The molecule has 2 nitrogen and oxygen atoms in total. The molecule has 0 bridgehead atoms. The molecule has 0 saturated heterocycles. The number of aryl methyl sites for hydroxylation is 1. The molecular weight excluding hydrogens is 269 g/mol. The number of hydrogen-bond donors (Lipinski definition) is 0. The van der Waals surface area contributed by atoms with Crippen molar-refractivity contribution in [3.05, 3.63) is 52.0 Å². The quantitative estimate of drug-likeness (QED) is 0.618. The lowest BCUT2D eigenvalue weighted by atomic mass is 10.2. The van der Waals surface area contributed by atoms with E-state index in [0.29, 0.717) is 21.5 Å². The van der Waals surface area contributed by atoms with E-state index in [9.17, 15) is 0 Å². The van der Waals surface area contributed by atoms with Crippen LogP contribution in [-0.2, 0) is 0 Å². The smallest absolute Gasteiger partial charge is 0.228 e. The largest absolute Gasteiger partial charge is 0.436 e. The summed E-state index contributed by atoms with van der Waals surface area (Å²) in [5.74, 6) is 0.489. The Bertz CT molecular complexity index is 734. The Morgan fingerprint density at radius 3 is 2.78 bits per heavy atom. The first-order valence-corrected chi connectivity index (χ1v) is 6.22. The molecule has 0 aliphatic heterocycles. The van der Waals surface area contributed by atoms with Crippen molar-refractivity contribution in [1.29, 1.82) is 0 Å². The predicted octanol–water partition coefficient (Wildman–Crippen LogP) is 5.11. The number of aromatic nitrogens is 1. The molecule has 0 radical (unpaired) electrons. The summed E-state index contributed by atoms with van der Waals surface area (Å²) in [5.41, 5.74) is 3.41. The van der Waals surface area contributed by atoms with Crippen LogP contribution in [-0.4, -0.2) is 4.98 Å². The zero-order valence-corrected chi connectivity index (χ0v) is 11.1. The van der Waals surface area contributed by atoms with Crippen LogP contribution in [0, 0.1) is 6.92 Å². The van der Waals surface area contributed by atoms with E-state index >= 15 is 0 Å². The molecule has 0 aliphatic carbocycles. The van der Waals surface area contributed by atoms with E-state index in [4.69, 9.17) is 27.6 Å². The topological polar surface area (TPSA) is 26.0 Å². The van der Waals surface area contributed by atoms with Crippen LogP contribution in [0.5, 0.6) is 0 Å². The van der Waals surface area contributed by atoms with Gasteiger partial charge in [-0.1, -0.05) is 35.3 Å². The number of nitrogens with zero attached hydrogens (tertiary/aromatic N) is 1. The van der Waals surface area contributed by atoms with Crippen molar-refractivity contribution >= 4 is 34.3 Å². The Morgan fingerprint density at radius 1 is 1.11 bits per heavy atom. The van der Waals surface area contributed by atoms with Crippen molar-refractivity contribution < 1.29 is 4.42 Å². The third kappa shape index (κ3) is 1.88. The van der Waals surface area contributed by atoms with E-state index in [0.717, 1.165) is 16.7 Å². The predicted molar refractivity (Wildman–Crippen MR) is 74.2 cm³/mol. The molecule has 0 amide bonds. The van der Waals surface area contributed by atoms with Crippen LogP contribution in [0.4, 0.5) is 0 Å². The highest BCUT2D eigenvalue weighted by atomic mass is 35.5. The number of hydrogen-bond acceptors (Lipinski definition) is 2. The van der Waals surface area contributed by atoms with Crippen LogP contribution in [0.1, 0.15) is 5.56 Å². The number of oxazole rings is 1. The minimum Gasteiger partial charge on any atom is -0.436 e. The van der Waals surface area contributed by atoms with E-state index in [1.165, 1.54) is 0 Å². The lowest BCUT2D eigenvalue weighted by molar-refractivity contribution is 0.620. The molecule has 0 saturated carbocycles. The van der Waals surface area contributed by atoms with Gasteiger partial charge in [0, 0.05) is 0 Å². The van der Waals surface area contributed by atoms with Crippen LogP contribution in [0.25, 0.3) is 22.6 Å². The fraction of sp³-hybridized carbons (Fsp3) is 0.0714. The zero-order valence-electron chi connectivity index (χ0n) is 9.58. The van der Waals surface area contributed by atoms with Crippen molar-refractivity contribution in [1.82, 2.24) is 4.98 Å². The van der Waals surface area contributed by atoms with Crippen molar-refractivity contribution in [2.45, 2.75) is 6.92 Å². The van der Waals surface area contributed by atoms with Gasteiger partial charge >= 0.3 is 0 Å². The maximum Gasteiger partial charge on any atom is 0.228 e. The van der Waals surface area contributed by atoms with Gasteiger partial charge in [-0.25, -0.2) is 4.98 Å². The Balaban J connectivity index is 2.22. The van der Waals surface area contributed by atoms with Crippen molar-refractivity contribution in [3.63, 3.8) is 0 Å². The average Bonchev–Trinajstić information content (AvgIpc) is 2.75. The Kier molecular flexibility index (Phi) is 2.77. The van der Waals surface area contributed by atoms with Crippen LogP contribution in [0.2, 0.25) is 10.0 Å². The number of benzene rings is 2. The highest BCUT2D eigenvalue weighted by molar-refractivity contribution is 6.43.